The maximum absolute atomic E-state index is 14.8. The van der Waals surface area contributed by atoms with Gasteiger partial charge in [-0.05, 0) is 48.1 Å². The molecule has 3 fully saturated rings. The van der Waals surface area contributed by atoms with Crippen molar-refractivity contribution in [3.05, 3.63) is 114 Å². The highest BCUT2D eigenvalue weighted by molar-refractivity contribution is 7.46. The summed E-state index contributed by atoms with van der Waals surface area (Å²) in [6, 6.07) is 19.8. The molecule has 15 heteroatoms. The molecule has 4 amide bonds. The molecule has 2 saturated heterocycles. The van der Waals surface area contributed by atoms with Crippen molar-refractivity contribution in [1.82, 2.24) is 29.7 Å². The van der Waals surface area contributed by atoms with Gasteiger partial charge in [-0.2, -0.15) is 0 Å². The van der Waals surface area contributed by atoms with Crippen LogP contribution in [0, 0.1) is 5.92 Å². The van der Waals surface area contributed by atoms with Gasteiger partial charge in [0.2, 0.25) is 11.8 Å². The lowest BCUT2D eigenvalue weighted by molar-refractivity contribution is -0.189. The zero-order valence-corrected chi connectivity index (χ0v) is 32.2. The Morgan fingerprint density at radius 2 is 1.75 bits per heavy atom. The summed E-state index contributed by atoms with van der Waals surface area (Å²) in [6.07, 6.45) is 6.40. The van der Waals surface area contributed by atoms with E-state index in [-0.39, 0.29) is 68.4 Å². The summed E-state index contributed by atoms with van der Waals surface area (Å²) in [7, 11) is -4.79. The summed E-state index contributed by atoms with van der Waals surface area (Å²) in [5.74, 6) is -0.514. The van der Waals surface area contributed by atoms with E-state index in [1.807, 2.05) is 54.7 Å². The zero-order valence-electron chi connectivity index (χ0n) is 31.3. The molecule has 294 valence electrons. The molecule has 0 bridgehead atoms. The highest BCUT2D eigenvalue weighted by atomic mass is 31.2. The number of carbonyl (C=O) groups excluding carboxylic acids is 4. The SMILES string of the molecule is C=CCN1CC(=O)N2[C@@H](Cc3ccc(OP(=O)(O)O)cc3)C(=O)N(Cc3cccc4c(C(=O)C5CC5)cn(CCCC)c34)C[C@@H]2N1C(=O)NCc1ccccc1. The largest absolute Gasteiger partial charge is 0.524 e. The van der Waals surface area contributed by atoms with Crippen LogP contribution in [0.15, 0.2) is 91.6 Å². The Morgan fingerprint density at radius 1 is 1.00 bits per heavy atom. The van der Waals surface area contributed by atoms with Crippen LogP contribution in [0.4, 0.5) is 4.79 Å². The fourth-order valence-corrected chi connectivity index (χ4v) is 8.18. The van der Waals surface area contributed by atoms with Gasteiger partial charge in [0.1, 0.15) is 18.0 Å². The third kappa shape index (κ3) is 8.43. The van der Waals surface area contributed by atoms with Gasteiger partial charge in [0.25, 0.3) is 0 Å². The fraction of sp³-hybridized carbons (Fsp3) is 0.366. The van der Waals surface area contributed by atoms with Crippen LogP contribution < -0.4 is 9.84 Å². The second-order valence-electron chi connectivity index (χ2n) is 14.6. The number of para-hydroxylation sites is 1. The van der Waals surface area contributed by atoms with E-state index in [4.69, 9.17) is 4.52 Å². The second kappa shape index (κ2) is 16.4. The van der Waals surface area contributed by atoms with Crippen LogP contribution in [0.25, 0.3) is 10.9 Å². The van der Waals surface area contributed by atoms with Crippen LogP contribution in [-0.4, -0.2) is 89.6 Å². The van der Waals surface area contributed by atoms with Crippen molar-refractivity contribution >= 4 is 42.4 Å². The van der Waals surface area contributed by atoms with E-state index in [0.717, 1.165) is 47.7 Å². The number of phosphoric acid groups is 1. The number of amides is 4. The number of Topliss-reactive ketones (excluding diaryl/α,β-unsaturated/α-hetero) is 1. The molecule has 3 aliphatic rings. The number of aryl methyl sites for hydroxylation is 1. The van der Waals surface area contributed by atoms with Gasteiger partial charge < -0.3 is 24.2 Å². The summed E-state index contributed by atoms with van der Waals surface area (Å²) in [4.78, 5) is 78.3. The molecule has 2 atom stereocenters. The number of urea groups is 1. The number of unbranched alkanes of at least 4 members (excludes halogenated alkanes) is 1. The van der Waals surface area contributed by atoms with Crippen molar-refractivity contribution < 1.29 is 38.1 Å². The minimum absolute atomic E-state index is 0.0163. The number of piperazine rings is 1. The van der Waals surface area contributed by atoms with Gasteiger partial charge in [0.15, 0.2) is 5.78 Å². The van der Waals surface area contributed by atoms with E-state index in [0.29, 0.717) is 17.7 Å². The van der Waals surface area contributed by atoms with Crippen molar-refractivity contribution in [2.24, 2.45) is 5.92 Å². The molecule has 1 aromatic heterocycles. The zero-order chi connectivity index (χ0) is 39.6. The van der Waals surface area contributed by atoms with Gasteiger partial charge in [-0.15, -0.1) is 6.58 Å². The molecule has 0 spiro atoms. The fourth-order valence-electron chi connectivity index (χ4n) is 7.78. The van der Waals surface area contributed by atoms with Crippen LogP contribution in [-0.2, 0) is 40.2 Å². The van der Waals surface area contributed by atoms with Crippen LogP contribution in [0.5, 0.6) is 5.75 Å². The Balaban J connectivity index is 1.27. The highest BCUT2D eigenvalue weighted by Crippen LogP contribution is 2.39. The average molecular weight is 783 g/mol. The van der Waals surface area contributed by atoms with E-state index in [1.165, 1.54) is 22.0 Å². The predicted molar refractivity (Wildman–Crippen MR) is 209 cm³/mol. The number of benzene rings is 3. The normalized spacial score (nSPS) is 18.9. The smallest absolute Gasteiger partial charge is 0.404 e. The van der Waals surface area contributed by atoms with Crippen LogP contribution in [0.1, 0.15) is 59.7 Å². The number of aromatic nitrogens is 1. The first-order chi connectivity index (χ1) is 27.0. The van der Waals surface area contributed by atoms with Crippen molar-refractivity contribution in [2.75, 3.05) is 19.6 Å². The number of phosphoric ester groups is 1. The lowest BCUT2D eigenvalue weighted by atomic mass is 9.97. The van der Waals surface area contributed by atoms with Crippen molar-refractivity contribution in [1.29, 1.82) is 0 Å². The van der Waals surface area contributed by atoms with E-state index in [9.17, 15) is 33.5 Å². The van der Waals surface area contributed by atoms with E-state index >= 15 is 0 Å². The van der Waals surface area contributed by atoms with E-state index in [1.54, 1.807) is 28.1 Å². The van der Waals surface area contributed by atoms with Gasteiger partial charge >= 0.3 is 13.9 Å². The first kappa shape index (κ1) is 39.0. The molecule has 14 nitrogen and oxygen atoms in total. The highest BCUT2D eigenvalue weighted by Gasteiger charge is 2.51. The molecular formula is C41H47N6O8P. The molecule has 3 aromatic carbocycles. The van der Waals surface area contributed by atoms with Crippen LogP contribution in [0.3, 0.4) is 0 Å². The maximum Gasteiger partial charge on any atom is 0.524 e. The number of nitrogens with one attached hydrogen (secondary N) is 1. The lowest BCUT2D eigenvalue weighted by Gasteiger charge is -2.55. The molecule has 7 rings (SSSR count). The summed E-state index contributed by atoms with van der Waals surface area (Å²) < 4.78 is 18.3. The summed E-state index contributed by atoms with van der Waals surface area (Å²) >= 11 is 0. The summed E-state index contributed by atoms with van der Waals surface area (Å²) in [6.45, 7) is 7.15. The molecule has 2 aliphatic heterocycles. The van der Waals surface area contributed by atoms with Crippen molar-refractivity contribution in [3.8, 4) is 5.75 Å². The number of hydrogen-bond donors (Lipinski definition) is 3. The number of fused-ring (bicyclic) bond motifs is 2. The first-order valence-electron chi connectivity index (χ1n) is 19.0. The average Bonchev–Trinajstić information content (AvgIpc) is 3.96. The van der Waals surface area contributed by atoms with E-state index < -0.39 is 26.1 Å². The molecule has 3 N–H and O–H groups in total. The molecule has 56 heavy (non-hydrogen) atoms. The molecule has 0 unspecified atom stereocenters. The standard InChI is InChI=1S/C41H47N6O8P/c1-3-5-21-43-25-34(39(49)30-16-17-30)33-13-9-12-31(38(33)43)24-44-26-36-46(35(40(44)50)22-28-14-18-32(19-15-28)55-56(52,53)54)37(48)27-45(20-4-2)47(36)41(51)42-23-29-10-7-6-8-11-29/h4,6-15,18-19,25,30,35-36H,2-3,5,16-17,20-24,26-27H2,1H3,(H,42,51)(H2,52,53,54)/t35-,36-/m0/s1. The van der Waals surface area contributed by atoms with Crippen molar-refractivity contribution in [3.63, 3.8) is 0 Å². The molecular weight excluding hydrogens is 735 g/mol. The Kier molecular flexibility index (Phi) is 11.5. The minimum Gasteiger partial charge on any atom is -0.404 e. The molecule has 0 radical (unpaired) electrons. The molecule has 1 saturated carbocycles. The van der Waals surface area contributed by atoms with Gasteiger partial charge in [-0.25, -0.2) is 19.4 Å². The number of ketones is 1. The van der Waals surface area contributed by atoms with Crippen LogP contribution in [0.2, 0.25) is 0 Å². The Hall–Kier alpha value is -5.27. The molecule has 4 aromatic rings. The number of carbonyl (C=O) groups is 4. The van der Waals surface area contributed by atoms with Gasteiger partial charge in [-0.1, -0.05) is 80.1 Å². The lowest BCUT2D eigenvalue weighted by Crippen LogP contribution is -2.76. The maximum atomic E-state index is 14.8. The topological polar surface area (TPSA) is 165 Å². The Morgan fingerprint density at radius 3 is 2.43 bits per heavy atom. The van der Waals surface area contributed by atoms with Crippen molar-refractivity contribution in [2.45, 2.75) is 70.9 Å². The first-order valence-corrected chi connectivity index (χ1v) is 20.5. The Bertz CT molecular complexity index is 2170. The van der Waals surface area contributed by atoms with Gasteiger partial charge in [-0.3, -0.25) is 24.2 Å². The number of nitrogens with zero attached hydrogens (tertiary/aromatic N) is 5. The van der Waals surface area contributed by atoms with E-state index in [2.05, 4.69) is 23.4 Å². The number of hydrazine groups is 1. The quantitative estimate of drug-likeness (QED) is 0.0831. The molecule has 3 heterocycles. The summed E-state index contributed by atoms with van der Waals surface area (Å²) in [5, 5.41) is 7.02. The second-order valence-corrected chi connectivity index (χ2v) is 15.8. The molecule has 1 aliphatic carbocycles. The Labute approximate surface area is 325 Å². The summed E-state index contributed by atoms with van der Waals surface area (Å²) in [5.41, 5.74) is 3.94. The van der Waals surface area contributed by atoms with Gasteiger partial charge in [0, 0.05) is 55.7 Å². The van der Waals surface area contributed by atoms with Crippen LogP contribution >= 0.6 is 7.82 Å². The number of rotatable bonds is 15. The van der Waals surface area contributed by atoms with Gasteiger partial charge in [0.05, 0.1) is 18.6 Å². The number of hydrogen-bond acceptors (Lipinski definition) is 7. The predicted octanol–water partition coefficient (Wildman–Crippen LogP) is 5.24. The monoisotopic (exact) mass is 782 g/mol. The third-order valence-electron chi connectivity index (χ3n) is 10.6. The minimum atomic E-state index is -4.79. The third-order valence-corrected chi connectivity index (χ3v) is 11.0.